The number of hydrogen-bond acceptors (Lipinski definition) is 1. The Morgan fingerprint density at radius 1 is 0.531 bits per heavy atom. The standard InChI is InChI=1S/C26H17Cl4NO/c27-20-7-1-17(2-8-20)25(18-3-9-21(28)10-4-18)31(24-15-13-23(30)14-16-24)26(32)19-5-11-22(29)12-6-19/h1-16,25H. The zero-order valence-corrected chi connectivity index (χ0v) is 19.7. The number of nitrogens with zero attached hydrogens (tertiary/aromatic N) is 1. The molecule has 32 heavy (non-hydrogen) atoms. The first-order chi connectivity index (χ1) is 15.4. The number of amides is 1. The van der Waals surface area contributed by atoms with Crippen molar-refractivity contribution in [2.24, 2.45) is 0 Å². The van der Waals surface area contributed by atoms with Crippen LogP contribution in [0.5, 0.6) is 0 Å². The minimum atomic E-state index is -0.436. The van der Waals surface area contributed by atoms with Gasteiger partial charge in [-0.25, -0.2) is 0 Å². The summed E-state index contributed by atoms with van der Waals surface area (Å²) in [7, 11) is 0. The SMILES string of the molecule is O=C(c1ccc(Cl)cc1)N(c1ccc(Cl)cc1)C(c1ccc(Cl)cc1)c1ccc(Cl)cc1. The van der Waals surface area contributed by atoms with Gasteiger partial charge in [0.25, 0.3) is 5.91 Å². The second kappa shape index (κ2) is 9.97. The van der Waals surface area contributed by atoms with E-state index in [4.69, 9.17) is 46.4 Å². The molecule has 0 radical (unpaired) electrons. The third-order valence-electron chi connectivity index (χ3n) is 5.04. The minimum Gasteiger partial charge on any atom is -0.297 e. The molecule has 0 saturated carbocycles. The highest BCUT2D eigenvalue weighted by atomic mass is 35.5. The summed E-state index contributed by atoms with van der Waals surface area (Å²) in [5.74, 6) is -0.182. The number of hydrogen-bond donors (Lipinski definition) is 0. The molecule has 2 nitrogen and oxygen atoms in total. The van der Waals surface area contributed by atoms with Gasteiger partial charge < -0.3 is 0 Å². The van der Waals surface area contributed by atoms with Crippen molar-refractivity contribution in [3.63, 3.8) is 0 Å². The quantitative estimate of drug-likeness (QED) is 0.268. The summed E-state index contributed by atoms with van der Waals surface area (Å²) in [5.41, 5.74) is 3.00. The van der Waals surface area contributed by atoms with Gasteiger partial charge in [0.15, 0.2) is 0 Å². The summed E-state index contributed by atoms with van der Waals surface area (Å²) in [6.45, 7) is 0. The normalized spacial score (nSPS) is 10.9. The summed E-state index contributed by atoms with van der Waals surface area (Å²) in [6, 6.07) is 28.5. The molecule has 0 fully saturated rings. The summed E-state index contributed by atoms with van der Waals surface area (Å²) in [4.78, 5) is 15.6. The van der Waals surface area contributed by atoms with E-state index < -0.39 is 6.04 Å². The third kappa shape index (κ3) is 5.11. The molecule has 6 heteroatoms. The summed E-state index contributed by atoms with van der Waals surface area (Å²) < 4.78 is 0. The first kappa shape index (κ1) is 22.7. The molecule has 0 aliphatic rings. The van der Waals surface area contributed by atoms with E-state index in [1.54, 1.807) is 41.3 Å². The minimum absolute atomic E-state index is 0.182. The second-order valence-electron chi connectivity index (χ2n) is 7.16. The second-order valence-corrected chi connectivity index (χ2v) is 8.91. The van der Waals surface area contributed by atoms with Crippen molar-refractivity contribution in [2.45, 2.75) is 6.04 Å². The van der Waals surface area contributed by atoms with E-state index in [-0.39, 0.29) is 5.91 Å². The van der Waals surface area contributed by atoms with Gasteiger partial charge in [-0.1, -0.05) is 70.7 Å². The lowest BCUT2D eigenvalue weighted by atomic mass is 9.95. The van der Waals surface area contributed by atoms with Crippen LogP contribution in [-0.4, -0.2) is 5.91 Å². The van der Waals surface area contributed by atoms with Gasteiger partial charge in [0, 0.05) is 31.3 Å². The Balaban J connectivity index is 1.91. The van der Waals surface area contributed by atoms with Crippen LogP contribution in [0.15, 0.2) is 97.1 Å². The van der Waals surface area contributed by atoms with Gasteiger partial charge in [-0.3, -0.25) is 9.69 Å². The molecule has 0 aliphatic carbocycles. The van der Waals surface area contributed by atoms with Crippen LogP contribution in [-0.2, 0) is 0 Å². The number of rotatable bonds is 5. The highest BCUT2D eigenvalue weighted by Gasteiger charge is 2.29. The Morgan fingerprint density at radius 2 is 0.875 bits per heavy atom. The number of anilines is 1. The molecule has 0 atom stereocenters. The van der Waals surface area contributed by atoms with E-state index in [0.717, 1.165) is 11.1 Å². The predicted molar refractivity (Wildman–Crippen MR) is 134 cm³/mol. The largest absolute Gasteiger partial charge is 0.297 e. The van der Waals surface area contributed by atoms with Crippen molar-refractivity contribution in [1.82, 2.24) is 0 Å². The van der Waals surface area contributed by atoms with Crippen LogP contribution in [0.1, 0.15) is 27.5 Å². The van der Waals surface area contributed by atoms with Crippen molar-refractivity contribution < 1.29 is 4.79 Å². The average molecular weight is 501 g/mol. The number of halogens is 4. The fraction of sp³-hybridized carbons (Fsp3) is 0.0385. The van der Waals surface area contributed by atoms with E-state index in [0.29, 0.717) is 31.3 Å². The average Bonchev–Trinajstić information content (AvgIpc) is 2.80. The molecule has 0 N–H and O–H groups in total. The Hall–Kier alpha value is -2.49. The zero-order chi connectivity index (χ0) is 22.7. The molecule has 0 unspecified atom stereocenters. The van der Waals surface area contributed by atoms with Crippen molar-refractivity contribution >= 4 is 58.0 Å². The molecule has 4 aromatic rings. The van der Waals surface area contributed by atoms with Crippen molar-refractivity contribution in [1.29, 1.82) is 0 Å². The van der Waals surface area contributed by atoms with Crippen LogP contribution in [0, 0.1) is 0 Å². The summed E-state index contributed by atoms with van der Waals surface area (Å²) >= 11 is 24.5. The van der Waals surface area contributed by atoms with Gasteiger partial charge in [-0.05, 0) is 83.9 Å². The smallest absolute Gasteiger partial charge is 0.259 e. The molecule has 1 amide bonds. The lowest BCUT2D eigenvalue weighted by molar-refractivity contribution is 0.0980. The van der Waals surface area contributed by atoms with Crippen molar-refractivity contribution in [2.75, 3.05) is 4.90 Å². The molecular weight excluding hydrogens is 484 g/mol. The lowest BCUT2D eigenvalue weighted by Gasteiger charge is -2.33. The molecule has 4 rings (SSSR count). The maximum absolute atomic E-state index is 13.9. The van der Waals surface area contributed by atoms with E-state index in [9.17, 15) is 4.79 Å². The highest BCUT2D eigenvalue weighted by Crippen LogP contribution is 2.36. The van der Waals surface area contributed by atoms with Crippen LogP contribution >= 0.6 is 46.4 Å². The van der Waals surface area contributed by atoms with Crippen LogP contribution in [0.4, 0.5) is 5.69 Å². The van der Waals surface area contributed by atoms with Crippen molar-refractivity contribution in [3.8, 4) is 0 Å². The van der Waals surface area contributed by atoms with Crippen LogP contribution in [0.2, 0.25) is 20.1 Å². The molecule has 160 valence electrons. The number of benzene rings is 4. The molecule has 0 spiro atoms. The van der Waals surface area contributed by atoms with Gasteiger partial charge in [0.2, 0.25) is 0 Å². The Bertz CT molecular complexity index is 1160. The fourth-order valence-electron chi connectivity index (χ4n) is 3.50. The van der Waals surface area contributed by atoms with Crippen LogP contribution in [0.3, 0.4) is 0 Å². The predicted octanol–water partition coefficient (Wildman–Crippen LogP) is 8.74. The van der Waals surface area contributed by atoms with Gasteiger partial charge in [-0.15, -0.1) is 0 Å². The third-order valence-corrected chi connectivity index (χ3v) is 6.05. The zero-order valence-electron chi connectivity index (χ0n) is 16.7. The monoisotopic (exact) mass is 499 g/mol. The molecule has 0 aliphatic heterocycles. The van der Waals surface area contributed by atoms with E-state index in [2.05, 4.69) is 0 Å². The fourth-order valence-corrected chi connectivity index (χ4v) is 4.00. The van der Waals surface area contributed by atoms with Gasteiger partial charge >= 0.3 is 0 Å². The van der Waals surface area contributed by atoms with E-state index in [1.165, 1.54) is 0 Å². The van der Waals surface area contributed by atoms with E-state index in [1.807, 2.05) is 60.7 Å². The molecule has 0 saturated heterocycles. The van der Waals surface area contributed by atoms with Crippen molar-refractivity contribution in [3.05, 3.63) is 134 Å². The molecule has 4 aromatic carbocycles. The first-order valence-corrected chi connectivity index (χ1v) is 11.3. The molecule has 0 heterocycles. The van der Waals surface area contributed by atoms with Gasteiger partial charge in [-0.2, -0.15) is 0 Å². The molecule has 0 aromatic heterocycles. The van der Waals surface area contributed by atoms with Gasteiger partial charge in [0.05, 0.1) is 6.04 Å². The maximum Gasteiger partial charge on any atom is 0.259 e. The first-order valence-electron chi connectivity index (χ1n) is 9.78. The maximum atomic E-state index is 13.9. The van der Waals surface area contributed by atoms with Gasteiger partial charge in [0.1, 0.15) is 0 Å². The molecule has 0 bridgehead atoms. The Kier molecular flexibility index (Phi) is 7.07. The van der Waals surface area contributed by atoms with Crippen LogP contribution < -0.4 is 4.90 Å². The number of carbonyl (C=O) groups is 1. The summed E-state index contributed by atoms with van der Waals surface area (Å²) in [5, 5.41) is 2.38. The molecular formula is C26H17Cl4NO. The lowest BCUT2D eigenvalue weighted by Crippen LogP contribution is -2.35. The topological polar surface area (TPSA) is 20.3 Å². The Morgan fingerprint density at radius 3 is 1.28 bits per heavy atom. The Labute approximate surface area is 206 Å². The summed E-state index contributed by atoms with van der Waals surface area (Å²) in [6.07, 6.45) is 0. The van der Waals surface area contributed by atoms with Crippen LogP contribution in [0.25, 0.3) is 0 Å². The van der Waals surface area contributed by atoms with E-state index >= 15 is 0 Å². The highest BCUT2D eigenvalue weighted by molar-refractivity contribution is 6.31. The number of carbonyl (C=O) groups excluding carboxylic acids is 1.